The minimum Gasteiger partial charge on any atom is -0.497 e. The first-order valence-corrected chi connectivity index (χ1v) is 8.65. The van der Waals surface area contributed by atoms with Gasteiger partial charge in [0.15, 0.2) is 0 Å². The maximum absolute atomic E-state index is 12.7. The summed E-state index contributed by atoms with van der Waals surface area (Å²) >= 11 is 0. The number of halogens is 1. The predicted octanol–water partition coefficient (Wildman–Crippen LogP) is 1.92. The molecular formula is C20H24ClN3O3. The highest BCUT2D eigenvalue weighted by atomic mass is 35.5. The number of ether oxygens (including phenoxy) is 1. The minimum atomic E-state index is -0.737. The molecule has 6 nitrogen and oxygen atoms in total. The molecule has 27 heavy (non-hydrogen) atoms. The molecule has 1 unspecified atom stereocenters. The lowest BCUT2D eigenvalue weighted by molar-refractivity contribution is -0.123. The molecule has 3 rings (SSSR count). The Hall–Kier alpha value is -2.57. The molecule has 2 amide bonds. The monoisotopic (exact) mass is 389 g/mol. The normalized spacial score (nSPS) is 14.3. The predicted molar refractivity (Wildman–Crippen MR) is 106 cm³/mol. The smallest absolute Gasteiger partial charge is 0.252 e. The van der Waals surface area contributed by atoms with Crippen molar-refractivity contribution in [1.82, 2.24) is 16.0 Å². The van der Waals surface area contributed by atoms with Crippen LogP contribution >= 0.6 is 12.4 Å². The molecule has 2 aromatic rings. The van der Waals surface area contributed by atoms with Crippen LogP contribution in [0.2, 0.25) is 0 Å². The standard InChI is InChI=1S/C20H23N3O3.ClH/c1-26-17-9-7-16(8-10-17)19(24)23-18(15-5-3-2-4-6-15)20(25)22-13-14-11-21-12-14;/h2-10,14,18,21H,11-13H2,1H3,(H,22,25)(H,23,24);1H. The van der Waals surface area contributed by atoms with Crippen molar-refractivity contribution in [2.24, 2.45) is 5.92 Å². The number of carbonyl (C=O) groups excluding carboxylic acids is 2. The van der Waals surface area contributed by atoms with E-state index in [1.54, 1.807) is 31.4 Å². The van der Waals surface area contributed by atoms with Crippen molar-refractivity contribution in [3.63, 3.8) is 0 Å². The lowest BCUT2D eigenvalue weighted by Gasteiger charge is -2.28. The third kappa shape index (κ3) is 5.45. The van der Waals surface area contributed by atoms with Crippen molar-refractivity contribution in [3.05, 3.63) is 65.7 Å². The molecule has 1 aliphatic heterocycles. The van der Waals surface area contributed by atoms with Crippen LogP contribution in [0.15, 0.2) is 54.6 Å². The molecule has 144 valence electrons. The lowest BCUT2D eigenvalue weighted by Crippen LogP contribution is -2.50. The Labute approximate surface area is 165 Å². The van der Waals surface area contributed by atoms with Gasteiger partial charge < -0.3 is 20.7 Å². The van der Waals surface area contributed by atoms with Crippen LogP contribution in [0.3, 0.4) is 0 Å². The fourth-order valence-electron chi connectivity index (χ4n) is 2.74. The second-order valence-electron chi connectivity index (χ2n) is 6.32. The van der Waals surface area contributed by atoms with E-state index in [9.17, 15) is 9.59 Å². The quantitative estimate of drug-likeness (QED) is 0.676. The first-order chi connectivity index (χ1) is 12.7. The molecule has 1 heterocycles. The summed E-state index contributed by atoms with van der Waals surface area (Å²) in [6.07, 6.45) is 0. The topological polar surface area (TPSA) is 79.5 Å². The number of rotatable bonds is 7. The molecule has 7 heteroatoms. The molecule has 0 aromatic heterocycles. The number of carbonyl (C=O) groups is 2. The zero-order valence-electron chi connectivity index (χ0n) is 15.1. The average Bonchev–Trinajstić information content (AvgIpc) is 2.65. The van der Waals surface area contributed by atoms with Gasteiger partial charge in [-0.1, -0.05) is 30.3 Å². The van der Waals surface area contributed by atoms with Crippen molar-refractivity contribution >= 4 is 24.2 Å². The van der Waals surface area contributed by atoms with E-state index in [-0.39, 0.29) is 24.2 Å². The number of hydrogen-bond acceptors (Lipinski definition) is 4. The summed E-state index contributed by atoms with van der Waals surface area (Å²) in [6.45, 7) is 2.43. The van der Waals surface area contributed by atoms with Gasteiger partial charge >= 0.3 is 0 Å². The lowest BCUT2D eigenvalue weighted by atomic mass is 10.0. The molecule has 2 aromatic carbocycles. The van der Waals surface area contributed by atoms with Crippen LogP contribution in [0.4, 0.5) is 0 Å². The summed E-state index contributed by atoms with van der Waals surface area (Å²) in [5.74, 6) is 0.618. The summed E-state index contributed by atoms with van der Waals surface area (Å²) in [4.78, 5) is 25.3. The zero-order chi connectivity index (χ0) is 18.4. The van der Waals surface area contributed by atoms with Gasteiger partial charge in [0.25, 0.3) is 5.91 Å². The van der Waals surface area contributed by atoms with E-state index >= 15 is 0 Å². The molecule has 3 N–H and O–H groups in total. The van der Waals surface area contributed by atoms with E-state index in [4.69, 9.17) is 4.74 Å². The number of amides is 2. The molecule has 1 saturated heterocycles. The first-order valence-electron chi connectivity index (χ1n) is 8.65. The van der Waals surface area contributed by atoms with Gasteiger partial charge in [-0.25, -0.2) is 0 Å². The van der Waals surface area contributed by atoms with Crippen LogP contribution in [-0.2, 0) is 4.79 Å². The van der Waals surface area contributed by atoms with E-state index in [0.29, 0.717) is 23.8 Å². The van der Waals surface area contributed by atoms with Gasteiger partial charge in [-0.15, -0.1) is 12.4 Å². The van der Waals surface area contributed by atoms with Gasteiger partial charge in [-0.3, -0.25) is 9.59 Å². The van der Waals surface area contributed by atoms with Crippen molar-refractivity contribution in [2.45, 2.75) is 6.04 Å². The second-order valence-corrected chi connectivity index (χ2v) is 6.32. The fourth-order valence-corrected chi connectivity index (χ4v) is 2.74. The van der Waals surface area contributed by atoms with Crippen molar-refractivity contribution in [1.29, 1.82) is 0 Å². The Morgan fingerprint density at radius 2 is 1.78 bits per heavy atom. The van der Waals surface area contributed by atoms with E-state index in [1.807, 2.05) is 30.3 Å². The van der Waals surface area contributed by atoms with Crippen LogP contribution in [-0.4, -0.2) is 38.6 Å². The second kappa shape index (κ2) is 9.94. The minimum absolute atomic E-state index is 0. The van der Waals surface area contributed by atoms with Crippen LogP contribution in [0, 0.1) is 5.92 Å². The summed E-state index contributed by atoms with van der Waals surface area (Å²) in [5, 5.41) is 8.96. The molecule has 1 fully saturated rings. The maximum Gasteiger partial charge on any atom is 0.252 e. The third-order valence-corrected chi connectivity index (χ3v) is 4.45. The largest absolute Gasteiger partial charge is 0.497 e. The number of nitrogens with one attached hydrogen (secondary N) is 3. The van der Waals surface area contributed by atoms with E-state index in [2.05, 4.69) is 16.0 Å². The summed E-state index contributed by atoms with van der Waals surface area (Å²) < 4.78 is 5.11. The van der Waals surface area contributed by atoms with E-state index in [0.717, 1.165) is 18.7 Å². The molecule has 1 aliphatic rings. The summed E-state index contributed by atoms with van der Waals surface area (Å²) in [5.41, 5.74) is 1.22. The Morgan fingerprint density at radius 3 is 2.33 bits per heavy atom. The highest BCUT2D eigenvalue weighted by molar-refractivity contribution is 5.98. The fraction of sp³-hybridized carbons (Fsp3) is 0.300. The van der Waals surface area contributed by atoms with Crippen LogP contribution < -0.4 is 20.7 Å². The zero-order valence-corrected chi connectivity index (χ0v) is 15.9. The molecule has 0 bridgehead atoms. The summed E-state index contributed by atoms with van der Waals surface area (Å²) in [7, 11) is 1.57. The molecule has 1 atom stereocenters. The molecule has 0 saturated carbocycles. The highest BCUT2D eigenvalue weighted by Gasteiger charge is 2.25. The Kier molecular flexibility index (Phi) is 7.64. The summed E-state index contributed by atoms with van der Waals surface area (Å²) in [6, 6.07) is 15.3. The number of methoxy groups -OCH3 is 1. The van der Waals surface area contributed by atoms with Gasteiger partial charge in [0, 0.05) is 31.1 Å². The SMILES string of the molecule is COc1ccc(C(=O)NC(C(=O)NCC2CNC2)c2ccccc2)cc1.Cl. The Bertz CT molecular complexity index is 749. The van der Waals surface area contributed by atoms with Gasteiger partial charge in [0.2, 0.25) is 5.91 Å². The average molecular weight is 390 g/mol. The van der Waals surface area contributed by atoms with Gasteiger partial charge in [0.1, 0.15) is 11.8 Å². The highest BCUT2D eigenvalue weighted by Crippen LogP contribution is 2.16. The van der Waals surface area contributed by atoms with E-state index < -0.39 is 6.04 Å². The van der Waals surface area contributed by atoms with Crippen LogP contribution in [0.25, 0.3) is 0 Å². The van der Waals surface area contributed by atoms with Crippen molar-refractivity contribution in [3.8, 4) is 5.75 Å². The molecular weight excluding hydrogens is 366 g/mol. The third-order valence-electron chi connectivity index (χ3n) is 4.45. The van der Waals surface area contributed by atoms with Crippen LogP contribution in [0.1, 0.15) is 22.0 Å². The first kappa shape index (κ1) is 20.7. The molecule has 0 aliphatic carbocycles. The molecule has 0 spiro atoms. The Morgan fingerprint density at radius 1 is 1.11 bits per heavy atom. The van der Waals surface area contributed by atoms with Gasteiger partial charge in [0.05, 0.1) is 7.11 Å². The number of hydrogen-bond donors (Lipinski definition) is 3. The van der Waals surface area contributed by atoms with Crippen LogP contribution in [0.5, 0.6) is 5.75 Å². The molecule has 0 radical (unpaired) electrons. The van der Waals surface area contributed by atoms with Gasteiger partial charge in [-0.2, -0.15) is 0 Å². The number of benzene rings is 2. The van der Waals surface area contributed by atoms with Gasteiger partial charge in [-0.05, 0) is 29.8 Å². The maximum atomic E-state index is 12.7. The van der Waals surface area contributed by atoms with E-state index in [1.165, 1.54) is 0 Å². The Balaban J connectivity index is 0.00000261. The van der Waals surface area contributed by atoms with Crippen molar-refractivity contribution < 1.29 is 14.3 Å². The van der Waals surface area contributed by atoms with Crippen molar-refractivity contribution in [2.75, 3.05) is 26.7 Å².